The third-order valence-corrected chi connectivity index (χ3v) is 3.48. The molecule has 4 N–H and O–H groups in total. The molecule has 0 atom stereocenters. The van der Waals surface area contributed by atoms with Crippen molar-refractivity contribution in [2.45, 2.75) is 0 Å². The Labute approximate surface area is 160 Å². The molecule has 0 aliphatic heterocycles. The Morgan fingerprint density at radius 1 is 0.966 bits per heavy atom. The van der Waals surface area contributed by atoms with Gasteiger partial charge in [-0.05, 0) is 12.1 Å². The molecule has 0 fully saturated rings. The van der Waals surface area contributed by atoms with Gasteiger partial charge in [-0.25, -0.2) is 22.5 Å². The van der Waals surface area contributed by atoms with Crippen LogP contribution in [0.15, 0.2) is 36.5 Å². The highest BCUT2D eigenvalue weighted by Gasteiger charge is 2.19. The van der Waals surface area contributed by atoms with Crippen LogP contribution in [0.25, 0.3) is 11.4 Å². The summed E-state index contributed by atoms with van der Waals surface area (Å²) in [4.78, 5) is 22.9. The van der Waals surface area contributed by atoms with E-state index in [9.17, 15) is 22.4 Å². The number of pyridine rings is 1. The molecule has 0 unspecified atom stereocenters. The Balaban J connectivity index is 1.92. The number of carboxylic acids is 1. The van der Waals surface area contributed by atoms with Crippen LogP contribution in [0.2, 0.25) is 0 Å². The summed E-state index contributed by atoms with van der Waals surface area (Å²) in [7, 11) is 0. The average Bonchev–Trinajstić information content (AvgIpc) is 2.71. The number of aromatic nitrogens is 3. The minimum absolute atomic E-state index is 0.0770. The standard InChI is InChI=1S/C17H12F4N6O2/c18-8-5-9(19)15(21)16(14(8)20)27-26-12-6-11(10-3-1-2-4-22-10)24-17(25-12)23-7-13(28)29/h1-6,27H,7H2,(H,28,29)(H2,23,24,25,26). The van der Waals surface area contributed by atoms with Crippen molar-refractivity contribution in [2.24, 2.45) is 0 Å². The number of hydrogen-bond donors (Lipinski definition) is 4. The Morgan fingerprint density at radius 2 is 1.69 bits per heavy atom. The molecule has 0 aliphatic rings. The van der Waals surface area contributed by atoms with E-state index in [0.29, 0.717) is 5.69 Å². The van der Waals surface area contributed by atoms with E-state index in [1.807, 2.05) is 5.43 Å². The molecule has 2 aromatic heterocycles. The summed E-state index contributed by atoms with van der Waals surface area (Å²) in [5.74, 6) is -7.85. The first kappa shape index (κ1) is 19.8. The molecule has 0 bridgehead atoms. The second-order valence-corrected chi connectivity index (χ2v) is 5.52. The number of hydrazine groups is 1. The summed E-state index contributed by atoms with van der Waals surface area (Å²) in [5, 5.41) is 11.2. The van der Waals surface area contributed by atoms with Gasteiger partial charge < -0.3 is 10.4 Å². The summed E-state index contributed by atoms with van der Waals surface area (Å²) in [6.45, 7) is -0.503. The summed E-state index contributed by atoms with van der Waals surface area (Å²) in [6, 6.07) is 6.36. The molecule has 2 heterocycles. The van der Waals surface area contributed by atoms with Crippen LogP contribution in [0.3, 0.4) is 0 Å². The van der Waals surface area contributed by atoms with Gasteiger partial charge in [-0.3, -0.25) is 20.6 Å². The number of rotatable bonds is 7. The van der Waals surface area contributed by atoms with Gasteiger partial charge in [-0.1, -0.05) is 6.07 Å². The molecule has 3 rings (SSSR count). The Bertz CT molecular complexity index is 1030. The normalized spacial score (nSPS) is 10.5. The number of hydrogen-bond acceptors (Lipinski definition) is 7. The summed E-state index contributed by atoms with van der Waals surface area (Å²) in [5.41, 5.74) is 3.86. The van der Waals surface area contributed by atoms with Crippen LogP contribution in [0.5, 0.6) is 0 Å². The molecule has 0 spiro atoms. The lowest BCUT2D eigenvalue weighted by Crippen LogP contribution is -2.18. The number of benzene rings is 1. The predicted octanol–water partition coefficient (Wildman–Crippen LogP) is 3.03. The van der Waals surface area contributed by atoms with E-state index in [1.165, 1.54) is 12.3 Å². The predicted molar refractivity (Wildman–Crippen MR) is 94.9 cm³/mol. The van der Waals surface area contributed by atoms with Crippen molar-refractivity contribution in [3.8, 4) is 11.4 Å². The van der Waals surface area contributed by atoms with Crippen molar-refractivity contribution in [1.29, 1.82) is 0 Å². The lowest BCUT2D eigenvalue weighted by molar-refractivity contribution is -0.134. The van der Waals surface area contributed by atoms with Gasteiger partial charge in [-0.15, -0.1) is 0 Å². The number of halogens is 4. The number of nitrogens with one attached hydrogen (secondary N) is 3. The first-order valence-corrected chi connectivity index (χ1v) is 7.96. The van der Waals surface area contributed by atoms with Gasteiger partial charge in [0.15, 0.2) is 29.1 Å². The maximum atomic E-state index is 13.8. The van der Waals surface area contributed by atoms with Crippen molar-refractivity contribution >= 4 is 23.4 Å². The number of anilines is 3. The van der Waals surface area contributed by atoms with Gasteiger partial charge in [-0.2, -0.15) is 4.98 Å². The Hall–Kier alpha value is -3.96. The van der Waals surface area contributed by atoms with Gasteiger partial charge in [0.05, 0.1) is 11.4 Å². The zero-order chi connectivity index (χ0) is 21.0. The largest absolute Gasteiger partial charge is 0.480 e. The molecule has 0 aliphatic carbocycles. The van der Waals surface area contributed by atoms with Crippen LogP contribution in [0.4, 0.5) is 35.0 Å². The molecule has 0 saturated heterocycles. The smallest absolute Gasteiger partial charge is 0.322 e. The van der Waals surface area contributed by atoms with E-state index in [-0.39, 0.29) is 23.5 Å². The molecule has 150 valence electrons. The van der Waals surface area contributed by atoms with Gasteiger partial charge in [0, 0.05) is 18.3 Å². The van der Waals surface area contributed by atoms with E-state index in [2.05, 4.69) is 25.7 Å². The fourth-order valence-corrected chi connectivity index (χ4v) is 2.20. The number of nitrogens with zero attached hydrogens (tertiary/aromatic N) is 3. The van der Waals surface area contributed by atoms with E-state index >= 15 is 0 Å². The van der Waals surface area contributed by atoms with Crippen molar-refractivity contribution < 1.29 is 27.5 Å². The zero-order valence-corrected chi connectivity index (χ0v) is 14.4. The van der Waals surface area contributed by atoms with E-state index in [1.54, 1.807) is 18.2 Å². The zero-order valence-electron chi connectivity index (χ0n) is 14.4. The van der Waals surface area contributed by atoms with Crippen LogP contribution in [-0.2, 0) is 4.79 Å². The van der Waals surface area contributed by atoms with E-state index < -0.39 is 41.5 Å². The van der Waals surface area contributed by atoms with Gasteiger partial charge in [0.2, 0.25) is 5.95 Å². The van der Waals surface area contributed by atoms with Gasteiger partial charge >= 0.3 is 5.97 Å². The minimum atomic E-state index is -1.64. The molecule has 0 saturated carbocycles. The van der Waals surface area contributed by atoms with Crippen molar-refractivity contribution in [3.63, 3.8) is 0 Å². The molecule has 12 heteroatoms. The van der Waals surface area contributed by atoms with Crippen LogP contribution >= 0.6 is 0 Å². The van der Waals surface area contributed by atoms with Gasteiger partial charge in [0.25, 0.3) is 0 Å². The third-order valence-electron chi connectivity index (χ3n) is 3.48. The van der Waals surface area contributed by atoms with Crippen molar-refractivity contribution in [1.82, 2.24) is 15.0 Å². The fourth-order valence-electron chi connectivity index (χ4n) is 2.20. The second-order valence-electron chi connectivity index (χ2n) is 5.52. The molecule has 3 aromatic rings. The van der Waals surface area contributed by atoms with Crippen LogP contribution in [0.1, 0.15) is 0 Å². The quantitative estimate of drug-likeness (QED) is 0.268. The van der Waals surface area contributed by atoms with Crippen LogP contribution < -0.4 is 16.2 Å². The average molecular weight is 408 g/mol. The molecule has 0 radical (unpaired) electrons. The second kappa shape index (κ2) is 8.37. The highest BCUT2D eigenvalue weighted by Crippen LogP contribution is 2.25. The third kappa shape index (κ3) is 4.66. The molecule has 1 aromatic carbocycles. The van der Waals surface area contributed by atoms with E-state index in [0.717, 1.165) is 0 Å². The van der Waals surface area contributed by atoms with Crippen molar-refractivity contribution in [2.75, 3.05) is 22.7 Å². The summed E-state index contributed by atoms with van der Waals surface area (Å²) >= 11 is 0. The number of carboxylic acid groups (broad SMARTS) is 1. The maximum absolute atomic E-state index is 13.8. The molecular weight excluding hydrogens is 396 g/mol. The Morgan fingerprint density at radius 3 is 2.31 bits per heavy atom. The van der Waals surface area contributed by atoms with Crippen LogP contribution in [0, 0.1) is 23.3 Å². The first-order valence-electron chi connectivity index (χ1n) is 7.96. The topological polar surface area (TPSA) is 112 Å². The molecule has 8 nitrogen and oxygen atoms in total. The summed E-state index contributed by atoms with van der Waals surface area (Å²) < 4.78 is 54.2. The number of aliphatic carboxylic acids is 1. The first-order chi connectivity index (χ1) is 13.8. The minimum Gasteiger partial charge on any atom is -0.480 e. The fraction of sp³-hybridized carbons (Fsp3) is 0.0588. The lowest BCUT2D eigenvalue weighted by atomic mass is 10.2. The SMILES string of the molecule is O=C(O)CNc1nc(NNc2c(F)c(F)cc(F)c2F)cc(-c2ccccn2)n1. The maximum Gasteiger partial charge on any atom is 0.322 e. The van der Waals surface area contributed by atoms with E-state index in [4.69, 9.17) is 5.11 Å². The lowest BCUT2D eigenvalue weighted by Gasteiger charge is -2.13. The summed E-state index contributed by atoms with van der Waals surface area (Å²) in [6.07, 6.45) is 1.49. The monoisotopic (exact) mass is 408 g/mol. The highest BCUT2D eigenvalue weighted by atomic mass is 19.2. The Kier molecular flexibility index (Phi) is 5.71. The highest BCUT2D eigenvalue weighted by molar-refractivity contribution is 5.72. The number of carbonyl (C=O) groups is 1. The molecule has 0 amide bonds. The molecule has 29 heavy (non-hydrogen) atoms. The van der Waals surface area contributed by atoms with Crippen molar-refractivity contribution in [3.05, 3.63) is 59.8 Å². The molecular formula is C17H12F4N6O2. The van der Waals surface area contributed by atoms with Crippen LogP contribution in [-0.4, -0.2) is 32.6 Å². The van der Waals surface area contributed by atoms with Gasteiger partial charge in [0.1, 0.15) is 12.2 Å².